The normalized spacial score (nSPS) is 21.0. The lowest BCUT2D eigenvalue weighted by Crippen LogP contribution is -2.58. The first-order valence-corrected chi connectivity index (χ1v) is 18.0. The number of nitrogens with zero attached hydrogens (tertiary/aromatic N) is 5. The molecule has 3 fully saturated rings. The number of urea groups is 2. The minimum absolute atomic E-state index is 0.155. The first kappa shape index (κ1) is 37.0. The van der Waals surface area contributed by atoms with Gasteiger partial charge in [-0.25, -0.2) is 9.59 Å². The number of fused-ring (bicyclic) bond motifs is 1. The summed E-state index contributed by atoms with van der Waals surface area (Å²) in [6, 6.07) is -1.21. The molecule has 1 aromatic carbocycles. The molecular weight excluding hydrogens is 702 g/mol. The fourth-order valence-corrected chi connectivity index (χ4v) is 8.29. The number of likely N-dealkylation sites (tertiary alicyclic amines) is 2. The van der Waals surface area contributed by atoms with E-state index in [2.05, 4.69) is 27.5 Å². The molecule has 5 amide bonds. The van der Waals surface area contributed by atoms with E-state index in [-0.39, 0.29) is 31.2 Å². The Bertz CT molecular complexity index is 1560. The number of piperidine rings is 2. The number of anilines is 2. The maximum Gasteiger partial charge on any atom is 0.418 e. The summed E-state index contributed by atoms with van der Waals surface area (Å²) in [7, 11) is 2.05. The molecule has 5 heterocycles. The third-order valence-corrected chi connectivity index (χ3v) is 11.3. The van der Waals surface area contributed by atoms with E-state index in [0.29, 0.717) is 57.5 Å². The van der Waals surface area contributed by atoms with Gasteiger partial charge in [0.15, 0.2) is 0 Å². The van der Waals surface area contributed by atoms with Gasteiger partial charge in [0, 0.05) is 81.8 Å². The summed E-state index contributed by atoms with van der Waals surface area (Å²) in [5.41, 5.74) is 1.94. The van der Waals surface area contributed by atoms with Crippen molar-refractivity contribution in [1.82, 2.24) is 29.8 Å². The van der Waals surface area contributed by atoms with Gasteiger partial charge in [0.1, 0.15) is 6.04 Å². The molecule has 0 spiro atoms. The Morgan fingerprint density at radius 2 is 1.45 bits per heavy atom. The van der Waals surface area contributed by atoms with Gasteiger partial charge in [-0.05, 0) is 55.8 Å². The van der Waals surface area contributed by atoms with E-state index in [1.807, 2.05) is 10.8 Å². The van der Waals surface area contributed by atoms with Crippen molar-refractivity contribution in [1.29, 1.82) is 0 Å². The van der Waals surface area contributed by atoms with Crippen LogP contribution in [-0.2, 0) is 30.1 Å². The summed E-state index contributed by atoms with van der Waals surface area (Å²) < 4.78 is 83.2. The summed E-state index contributed by atoms with van der Waals surface area (Å²) in [6.07, 6.45) is -8.79. The van der Waals surface area contributed by atoms with Crippen molar-refractivity contribution in [3.63, 3.8) is 0 Å². The maximum atomic E-state index is 14.0. The first-order chi connectivity index (χ1) is 24.1. The number of halogens is 6. The van der Waals surface area contributed by atoms with Crippen molar-refractivity contribution in [3.8, 4) is 0 Å². The topological polar surface area (TPSA) is 117 Å². The molecule has 0 unspecified atom stereocenters. The van der Waals surface area contributed by atoms with Gasteiger partial charge in [0.05, 0.1) is 29.0 Å². The molecule has 11 nitrogen and oxygen atoms in total. The molecule has 0 radical (unpaired) electrons. The second-order valence-electron chi connectivity index (χ2n) is 13.8. The van der Waals surface area contributed by atoms with Crippen molar-refractivity contribution in [2.24, 2.45) is 0 Å². The van der Waals surface area contributed by atoms with Crippen molar-refractivity contribution < 1.29 is 40.7 Å². The number of hydrogen-bond acceptors (Lipinski definition) is 7. The van der Waals surface area contributed by atoms with Crippen LogP contribution in [0.25, 0.3) is 0 Å². The Morgan fingerprint density at radius 1 is 0.882 bits per heavy atom. The fraction of sp³-hybridized carbons (Fsp3) is 0.606. The van der Waals surface area contributed by atoms with E-state index in [0.717, 1.165) is 37.4 Å². The second kappa shape index (κ2) is 14.7. The van der Waals surface area contributed by atoms with E-state index >= 15 is 0 Å². The Kier molecular flexibility index (Phi) is 10.7. The van der Waals surface area contributed by atoms with Crippen LogP contribution in [0.1, 0.15) is 47.9 Å². The Balaban J connectivity index is 1.17. The van der Waals surface area contributed by atoms with Crippen LogP contribution in [0.3, 0.4) is 0 Å². The van der Waals surface area contributed by atoms with Gasteiger partial charge in [-0.2, -0.15) is 26.3 Å². The van der Waals surface area contributed by atoms with Crippen LogP contribution in [-0.4, -0.2) is 120 Å². The maximum absolute atomic E-state index is 14.0. The van der Waals surface area contributed by atoms with Crippen LogP contribution in [0, 0.1) is 0 Å². The molecule has 3 saturated heterocycles. The van der Waals surface area contributed by atoms with E-state index in [1.54, 1.807) is 4.90 Å². The van der Waals surface area contributed by atoms with Crippen LogP contribution >= 0.6 is 11.3 Å². The lowest BCUT2D eigenvalue weighted by Gasteiger charge is -2.43. The highest BCUT2D eigenvalue weighted by molar-refractivity contribution is 7.08. The lowest BCUT2D eigenvalue weighted by molar-refractivity contribution is -0.141. The molecule has 1 atom stereocenters. The molecule has 6 rings (SSSR count). The number of benzene rings is 1. The molecule has 0 bridgehead atoms. The summed E-state index contributed by atoms with van der Waals surface area (Å²) >= 11 is 1.49. The molecule has 18 heteroatoms. The average Bonchev–Trinajstić information content (AvgIpc) is 3.54. The average molecular weight is 745 g/mol. The standard InChI is InChI=1S/C33H42F6N8O3S/c1-43-10-12-44(13-11-43)22-2-6-45(7-3-22)29(48)26(16-20-14-24(32(34,35)36)28(40)25(15-20)33(37,38)39)41-30(49)46-8-4-23(5-9-46)47-17-21-18-51-19-27(21)42-31(47)50/h14-15,18-19,22-23,26H,2-13,16-17,40H2,1H3,(H,41,49)(H,42,50)/t26-/m1/s1. The van der Waals surface area contributed by atoms with Crippen LogP contribution in [0.4, 0.5) is 47.3 Å². The minimum Gasteiger partial charge on any atom is -0.398 e. The summed E-state index contributed by atoms with van der Waals surface area (Å²) in [5, 5.41) is 9.36. The summed E-state index contributed by atoms with van der Waals surface area (Å²) in [6.45, 7) is 5.19. The number of alkyl halides is 6. The molecule has 4 N–H and O–H groups in total. The highest BCUT2D eigenvalue weighted by atomic mass is 32.1. The Hall–Kier alpha value is -3.77. The van der Waals surface area contributed by atoms with Crippen molar-refractivity contribution in [3.05, 3.63) is 45.1 Å². The van der Waals surface area contributed by atoms with Gasteiger partial charge in [0.25, 0.3) is 0 Å². The lowest BCUT2D eigenvalue weighted by atomic mass is 9.96. The largest absolute Gasteiger partial charge is 0.418 e. The molecular formula is C33H42F6N8O3S. The number of amides is 5. The zero-order valence-electron chi connectivity index (χ0n) is 28.2. The van der Waals surface area contributed by atoms with Crippen LogP contribution in [0.5, 0.6) is 0 Å². The second-order valence-corrected chi connectivity index (χ2v) is 14.5. The van der Waals surface area contributed by atoms with Gasteiger partial charge in [0.2, 0.25) is 5.91 Å². The highest BCUT2D eigenvalue weighted by Crippen LogP contribution is 2.42. The molecule has 0 saturated carbocycles. The smallest absolute Gasteiger partial charge is 0.398 e. The number of thiophene rings is 1. The molecule has 2 aromatic rings. The number of nitrogens with two attached hydrogens (primary N) is 1. The van der Waals surface area contributed by atoms with Gasteiger partial charge in [-0.1, -0.05) is 0 Å². The number of carbonyl (C=O) groups is 3. The molecule has 0 aliphatic carbocycles. The van der Waals surface area contributed by atoms with Crippen LogP contribution in [0.2, 0.25) is 0 Å². The van der Waals surface area contributed by atoms with E-state index in [9.17, 15) is 40.7 Å². The number of carbonyl (C=O) groups excluding carboxylic acids is 3. The van der Waals surface area contributed by atoms with E-state index < -0.39 is 59.1 Å². The molecule has 4 aliphatic rings. The number of nitrogens with one attached hydrogen (secondary N) is 2. The summed E-state index contributed by atoms with van der Waals surface area (Å²) in [5.74, 6) is -0.578. The minimum atomic E-state index is -5.19. The number of rotatable bonds is 6. The first-order valence-electron chi connectivity index (χ1n) is 17.0. The third kappa shape index (κ3) is 8.32. The zero-order valence-corrected chi connectivity index (χ0v) is 29.0. The van der Waals surface area contributed by atoms with Gasteiger partial charge >= 0.3 is 24.4 Å². The Morgan fingerprint density at radius 3 is 2.04 bits per heavy atom. The summed E-state index contributed by atoms with van der Waals surface area (Å²) in [4.78, 5) is 49.7. The highest BCUT2D eigenvalue weighted by Gasteiger charge is 2.42. The SMILES string of the molecule is CN1CCN(C2CCN(C(=O)[C@@H](Cc3cc(C(F)(F)F)c(N)c(C(F)(F)F)c3)NC(=O)N3CCC(N4Cc5cscc5NC4=O)CC3)CC2)CC1. The fourth-order valence-electron chi connectivity index (χ4n) is 7.51. The van der Waals surface area contributed by atoms with Crippen molar-refractivity contribution >= 4 is 40.7 Å². The molecule has 280 valence electrons. The monoisotopic (exact) mass is 744 g/mol. The van der Waals surface area contributed by atoms with Crippen molar-refractivity contribution in [2.75, 3.05) is 70.5 Å². The van der Waals surface area contributed by atoms with Gasteiger partial charge in [-0.3, -0.25) is 9.69 Å². The number of nitrogen functional groups attached to an aromatic ring is 1. The van der Waals surface area contributed by atoms with Crippen LogP contribution in [0.15, 0.2) is 22.9 Å². The zero-order chi connectivity index (χ0) is 36.7. The van der Waals surface area contributed by atoms with Crippen LogP contribution < -0.4 is 16.4 Å². The third-order valence-electron chi connectivity index (χ3n) is 10.5. The number of likely N-dealkylation sites (N-methyl/N-ethyl adjacent to an activating group) is 1. The predicted octanol–water partition coefficient (Wildman–Crippen LogP) is 4.74. The predicted molar refractivity (Wildman–Crippen MR) is 179 cm³/mol. The van der Waals surface area contributed by atoms with E-state index in [1.165, 1.54) is 21.1 Å². The molecule has 4 aliphatic heterocycles. The Labute approximate surface area is 295 Å². The van der Waals surface area contributed by atoms with E-state index in [4.69, 9.17) is 5.73 Å². The molecule has 51 heavy (non-hydrogen) atoms. The molecule has 1 aromatic heterocycles. The number of piperazine rings is 1. The van der Waals surface area contributed by atoms with Crippen molar-refractivity contribution in [2.45, 2.75) is 69.1 Å². The number of hydrogen-bond donors (Lipinski definition) is 3. The quantitative estimate of drug-likeness (QED) is 0.291. The van der Waals surface area contributed by atoms with Gasteiger partial charge < -0.3 is 36.0 Å². The van der Waals surface area contributed by atoms with Gasteiger partial charge in [-0.15, -0.1) is 11.3 Å².